The summed E-state index contributed by atoms with van der Waals surface area (Å²) in [6, 6.07) is 3.98. The number of aromatic nitrogens is 1. The molecule has 1 aromatic heterocycles. The van der Waals surface area contributed by atoms with Crippen molar-refractivity contribution in [3.05, 3.63) is 30.1 Å². The monoisotopic (exact) mass is 248 g/mol. The Morgan fingerprint density at radius 2 is 2.22 bits per heavy atom. The van der Waals surface area contributed by atoms with E-state index in [1.54, 1.807) is 6.20 Å². The van der Waals surface area contributed by atoms with Crippen LogP contribution in [0.4, 0.5) is 0 Å². The number of nitrogens with zero attached hydrogens (tertiary/aromatic N) is 1. The first-order chi connectivity index (χ1) is 8.70. The standard InChI is InChI=1S/C15H24N2O/c1-11-5-6-14(8-12(11)2)18-15(9-16)13-4-3-7-17-10-13/h3-4,7,10-12,14-15H,5-6,8-9,16H2,1-2H3. The largest absolute Gasteiger partial charge is 0.369 e. The summed E-state index contributed by atoms with van der Waals surface area (Å²) in [6.45, 7) is 5.18. The molecule has 0 aliphatic heterocycles. The zero-order chi connectivity index (χ0) is 13.0. The molecule has 0 spiro atoms. The molecule has 2 rings (SSSR count). The SMILES string of the molecule is CC1CCC(OC(CN)c2cccnc2)CC1C. The summed E-state index contributed by atoms with van der Waals surface area (Å²) in [5.74, 6) is 1.57. The van der Waals surface area contributed by atoms with E-state index >= 15 is 0 Å². The van der Waals surface area contributed by atoms with E-state index < -0.39 is 0 Å². The average Bonchev–Trinajstić information content (AvgIpc) is 2.41. The van der Waals surface area contributed by atoms with Crippen LogP contribution in [0.15, 0.2) is 24.5 Å². The molecule has 1 saturated carbocycles. The second-order valence-electron chi connectivity index (χ2n) is 5.54. The summed E-state index contributed by atoms with van der Waals surface area (Å²) >= 11 is 0. The van der Waals surface area contributed by atoms with Crippen LogP contribution in [-0.2, 0) is 4.74 Å². The van der Waals surface area contributed by atoms with Gasteiger partial charge in [0.15, 0.2) is 0 Å². The fourth-order valence-electron chi connectivity index (χ4n) is 2.69. The molecule has 4 atom stereocenters. The lowest BCUT2D eigenvalue weighted by Crippen LogP contribution is -2.30. The Labute approximate surface area is 110 Å². The Hall–Kier alpha value is -0.930. The maximum Gasteiger partial charge on any atom is 0.0965 e. The van der Waals surface area contributed by atoms with Crippen molar-refractivity contribution in [2.24, 2.45) is 17.6 Å². The van der Waals surface area contributed by atoms with Gasteiger partial charge in [0.2, 0.25) is 0 Å². The summed E-state index contributed by atoms with van der Waals surface area (Å²) in [5.41, 5.74) is 6.92. The van der Waals surface area contributed by atoms with Crippen LogP contribution in [0.3, 0.4) is 0 Å². The molecule has 3 heteroatoms. The van der Waals surface area contributed by atoms with Crippen molar-refractivity contribution in [3.63, 3.8) is 0 Å². The van der Waals surface area contributed by atoms with Crippen molar-refractivity contribution in [2.75, 3.05) is 6.54 Å². The predicted octanol–water partition coefficient (Wildman–Crippen LogP) is 2.92. The number of pyridine rings is 1. The molecule has 2 N–H and O–H groups in total. The number of hydrogen-bond donors (Lipinski definition) is 1. The minimum Gasteiger partial charge on any atom is -0.369 e. The third kappa shape index (κ3) is 3.30. The second-order valence-corrected chi connectivity index (χ2v) is 5.54. The number of ether oxygens (including phenoxy) is 1. The Bertz CT molecular complexity index is 355. The van der Waals surface area contributed by atoms with E-state index in [9.17, 15) is 0 Å². The smallest absolute Gasteiger partial charge is 0.0965 e. The van der Waals surface area contributed by atoms with Gasteiger partial charge in [0.05, 0.1) is 12.2 Å². The first-order valence-electron chi connectivity index (χ1n) is 6.96. The molecule has 1 aromatic rings. The normalized spacial score (nSPS) is 30.1. The first kappa shape index (κ1) is 13.5. The minimum absolute atomic E-state index is 0.00990. The zero-order valence-corrected chi connectivity index (χ0v) is 11.4. The highest BCUT2D eigenvalue weighted by molar-refractivity contribution is 5.12. The molecule has 3 nitrogen and oxygen atoms in total. The number of hydrogen-bond acceptors (Lipinski definition) is 3. The van der Waals surface area contributed by atoms with E-state index in [1.165, 1.54) is 6.42 Å². The van der Waals surface area contributed by atoms with Gasteiger partial charge >= 0.3 is 0 Å². The third-order valence-corrected chi connectivity index (χ3v) is 4.18. The summed E-state index contributed by atoms with van der Waals surface area (Å²) < 4.78 is 6.18. The molecule has 1 aliphatic rings. The van der Waals surface area contributed by atoms with Gasteiger partial charge in [0.1, 0.15) is 0 Å². The van der Waals surface area contributed by atoms with E-state index in [-0.39, 0.29) is 6.10 Å². The van der Waals surface area contributed by atoms with Crippen LogP contribution >= 0.6 is 0 Å². The van der Waals surface area contributed by atoms with Gasteiger partial charge in [-0.05, 0) is 37.2 Å². The Morgan fingerprint density at radius 1 is 1.39 bits per heavy atom. The molecule has 100 valence electrons. The van der Waals surface area contributed by atoms with Crippen molar-refractivity contribution in [2.45, 2.75) is 45.3 Å². The zero-order valence-electron chi connectivity index (χ0n) is 11.4. The van der Waals surface area contributed by atoms with Crippen molar-refractivity contribution < 1.29 is 4.74 Å². The van der Waals surface area contributed by atoms with Crippen molar-refractivity contribution in [1.29, 1.82) is 0 Å². The number of rotatable bonds is 4. The quantitative estimate of drug-likeness (QED) is 0.891. The molecular weight excluding hydrogens is 224 g/mol. The van der Waals surface area contributed by atoms with Crippen LogP contribution < -0.4 is 5.73 Å². The Balaban J connectivity index is 1.95. The Morgan fingerprint density at radius 3 is 2.83 bits per heavy atom. The average molecular weight is 248 g/mol. The highest BCUT2D eigenvalue weighted by atomic mass is 16.5. The molecule has 0 radical (unpaired) electrons. The fraction of sp³-hybridized carbons (Fsp3) is 0.667. The summed E-state index contributed by atoms with van der Waals surface area (Å²) in [7, 11) is 0. The molecule has 1 fully saturated rings. The van der Waals surface area contributed by atoms with E-state index in [4.69, 9.17) is 10.5 Å². The van der Waals surface area contributed by atoms with Crippen LogP contribution in [-0.4, -0.2) is 17.6 Å². The molecule has 0 aromatic carbocycles. The van der Waals surface area contributed by atoms with E-state index in [2.05, 4.69) is 18.8 Å². The van der Waals surface area contributed by atoms with Gasteiger partial charge in [-0.2, -0.15) is 0 Å². The van der Waals surface area contributed by atoms with Crippen LogP contribution in [0.2, 0.25) is 0 Å². The third-order valence-electron chi connectivity index (χ3n) is 4.18. The molecule has 0 amide bonds. The Kier molecular flexibility index (Phi) is 4.72. The summed E-state index contributed by atoms with van der Waals surface area (Å²) in [4.78, 5) is 4.14. The van der Waals surface area contributed by atoms with Crippen LogP contribution in [0.1, 0.15) is 44.8 Å². The van der Waals surface area contributed by atoms with E-state index in [0.717, 1.165) is 30.2 Å². The lowest BCUT2D eigenvalue weighted by molar-refractivity contribution is -0.0450. The van der Waals surface area contributed by atoms with Crippen LogP contribution in [0, 0.1) is 11.8 Å². The predicted molar refractivity (Wildman–Crippen MR) is 73.1 cm³/mol. The lowest BCUT2D eigenvalue weighted by Gasteiger charge is -2.34. The van der Waals surface area contributed by atoms with Gasteiger partial charge in [0, 0.05) is 24.5 Å². The molecular formula is C15H24N2O. The first-order valence-corrected chi connectivity index (χ1v) is 6.96. The van der Waals surface area contributed by atoms with Gasteiger partial charge < -0.3 is 10.5 Å². The fourth-order valence-corrected chi connectivity index (χ4v) is 2.69. The topological polar surface area (TPSA) is 48.1 Å². The number of nitrogens with two attached hydrogens (primary N) is 1. The lowest BCUT2D eigenvalue weighted by atomic mass is 9.80. The molecule has 1 aliphatic carbocycles. The maximum absolute atomic E-state index is 6.18. The maximum atomic E-state index is 6.18. The second kappa shape index (κ2) is 6.30. The van der Waals surface area contributed by atoms with E-state index in [1.807, 2.05) is 18.3 Å². The van der Waals surface area contributed by atoms with E-state index in [0.29, 0.717) is 12.6 Å². The minimum atomic E-state index is -0.00990. The molecule has 18 heavy (non-hydrogen) atoms. The van der Waals surface area contributed by atoms with Gasteiger partial charge in [-0.3, -0.25) is 4.98 Å². The molecule has 0 bridgehead atoms. The highest BCUT2D eigenvalue weighted by Gasteiger charge is 2.27. The van der Waals surface area contributed by atoms with Gasteiger partial charge in [-0.1, -0.05) is 19.9 Å². The molecule has 4 unspecified atom stereocenters. The van der Waals surface area contributed by atoms with Crippen molar-refractivity contribution in [3.8, 4) is 0 Å². The molecule has 0 saturated heterocycles. The molecule has 1 heterocycles. The summed E-state index contributed by atoms with van der Waals surface area (Å²) in [6.07, 6.45) is 7.54. The van der Waals surface area contributed by atoms with Gasteiger partial charge in [-0.25, -0.2) is 0 Å². The van der Waals surface area contributed by atoms with Gasteiger partial charge in [0.25, 0.3) is 0 Å². The van der Waals surface area contributed by atoms with Gasteiger partial charge in [-0.15, -0.1) is 0 Å². The van der Waals surface area contributed by atoms with Crippen molar-refractivity contribution in [1.82, 2.24) is 4.98 Å². The summed E-state index contributed by atoms with van der Waals surface area (Å²) in [5, 5.41) is 0. The van der Waals surface area contributed by atoms with Crippen LogP contribution in [0.25, 0.3) is 0 Å². The van der Waals surface area contributed by atoms with Crippen molar-refractivity contribution >= 4 is 0 Å². The highest BCUT2D eigenvalue weighted by Crippen LogP contribution is 2.33. The van der Waals surface area contributed by atoms with Crippen LogP contribution in [0.5, 0.6) is 0 Å².